The molecule has 0 fully saturated rings. The summed E-state index contributed by atoms with van der Waals surface area (Å²) in [5, 5.41) is 10.5. The number of thiazole rings is 1. The van der Waals surface area contributed by atoms with Crippen LogP contribution in [0.5, 0.6) is 0 Å². The number of benzene rings is 1. The van der Waals surface area contributed by atoms with Gasteiger partial charge in [0.05, 0.1) is 21.2 Å². The Labute approximate surface area is 146 Å². The van der Waals surface area contributed by atoms with E-state index in [4.69, 9.17) is 0 Å². The number of carboxylic acids is 1. The Hall–Kier alpha value is -2.40. The van der Waals surface area contributed by atoms with Crippen molar-refractivity contribution in [2.45, 2.75) is 19.8 Å². The van der Waals surface area contributed by atoms with E-state index in [2.05, 4.69) is 18.8 Å². The van der Waals surface area contributed by atoms with E-state index < -0.39 is 5.97 Å². The minimum Gasteiger partial charge on any atom is -0.478 e. The van der Waals surface area contributed by atoms with E-state index in [0.717, 1.165) is 10.6 Å². The van der Waals surface area contributed by atoms with Crippen LogP contribution in [-0.4, -0.2) is 35.1 Å². The van der Waals surface area contributed by atoms with Crippen LogP contribution in [0, 0.1) is 0 Å². The van der Waals surface area contributed by atoms with Gasteiger partial charge in [-0.05, 0) is 11.6 Å². The van der Waals surface area contributed by atoms with Gasteiger partial charge in [0.1, 0.15) is 0 Å². The van der Waals surface area contributed by atoms with E-state index in [1.807, 2.05) is 56.6 Å². The molecular weight excluding hydrogens is 320 g/mol. The Kier molecular flexibility index (Phi) is 5.93. The van der Waals surface area contributed by atoms with Gasteiger partial charge in [-0.25, -0.2) is 9.78 Å². The normalized spacial score (nSPS) is 12.1. The lowest BCUT2D eigenvalue weighted by atomic mass is 10.1. The van der Waals surface area contributed by atoms with Crippen molar-refractivity contribution in [2.24, 2.45) is 0 Å². The summed E-state index contributed by atoms with van der Waals surface area (Å²) in [5.74, 6) is -0.695. The second kappa shape index (κ2) is 7.93. The van der Waals surface area contributed by atoms with Crippen molar-refractivity contribution in [1.29, 1.82) is 0 Å². The van der Waals surface area contributed by atoms with Gasteiger partial charge in [0.25, 0.3) is 0 Å². The summed E-state index contributed by atoms with van der Waals surface area (Å²) in [6.45, 7) is 4.12. The Morgan fingerprint density at radius 2 is 1.88 bits per heavy atom. The van der Waals surface area contributed by atoms with Crippen LogP contribution in [0.4, 0.5) is 0 Å². The van der Waals surface area contributed by atoms with Crippen LogP contribution in [-0.2, 0) is 4.79 Å². The number of nitrogens with zero attached hydrogens (tertiary/aromatic N) is 2. The van der Waals surface area contributed by atoms with Gasteiger partial charge in [-0.1, -0.05) is 50.3 Å². The van der Waals surface area contributed by atoms with Gasteiger partial charge in [0.2, 0.25) is 0 Å². The smallest absolute Gasteiger partial charge is 0.338 e. The fourth-order valence-corrected chi connectivity index (χ4v) is 3.17. The van der Waals surface area contributed by atoms with E-state index >= 15 is 0 Å². The van der Waals surface area contributed by atoms with Crippen LogP contribution >= 0.6 is 11.3 Å². The lowest BCUT2D eigenvalue weighted by Gasteiger charge is -2.07. The topological polar surface area (TPSA) is 53.4 Å². The average molecular weight is 342 g/mol. The second-order valence-electron chi connectivity index (χ2n) is 5.98. The van der Waals surface area contributed by atoms with Crippen molar-refractivity contribution in [2.75, 3.05) is 14.1 Å². The van der Waals surface area contributed by atoms with Gasteiger partial charge in [-0.15, -0.1) is 11.3 Å². The molecule has 0 bridgehead atoms. The fraction of sp³-hybridized carbons (Fsp3) is 0.263. The third kappa shape index (κ3) is 4.55. The Morgan fingerprint density at radius 1 is 1.21 bits per heavy atom. The molecule has 2 rings (SSSR count). The van der Waals surface area contributed by atoms with Crippen LogP contribution in [0.25, 0.3) is 17.7 Å². The third-order valence-electron chi connectivity index (χ3n) is 3.26. The van der Waals surface area contributed by atoms with Gasteiger partial charge < -0.3 is 10.0 Å². The molecule has 0 radical (unpaired) electrons. The number of aliphatic carboxylic acids is 1. The summed E-state index contributed by atoms with van der Waals surface area (Å²) in [6.07, 6.45) is 5.47. The molecule has 2 aromatic rings. The van der Waals surface area contributed by atoms with Gasteiger partial charge in [-0.3, -0.25) is 0 Å². The van der Waals surface area contributed by atoms with E-state index in [1.165, 1.54) is 11.3 Å². The first-order valence-corrected chi connectivity index (χ1v) is 8.56. The maximum absolute atomic E-state index is 11.7. The predicted molar refractivity (Wildman–Crippen MR) is 101 cm³/mol. The average Bonchev–Trinajstić information content (AvgIpc) is 2.95. The molecule has 1 N–H and O–H groups in total. The number of carboxylic acid groups (broad SMARTS) is 1. The SMILES string of the molecule is CC(C)c1nc(/C=C/c2ccccc2)c(C(=CN(C)C)C(=O)O)s1. The van der Waals surface area contributed by atoms with E-state index in [0.29, 0.717) is 10.6 Å². The van der Waals surface area contributed by atoms with Crippen LogP contribution in [0.15, 0.2) is 36.5 Å². The highest BCUT2D eigenvalue weighted by Gasteiger charge is 2.20. The number of hydrogen-bond acceptors (Lipinski definition) is 4. The summed E-state index contributed by atoms with van der Waals surface area (Å²) < 4.78 is 0. The Bertz CT molecular complexity index is 759. The Morgan fingerprint density at radius 3 is 2.42 bits per heavy atom. The van der Waals surface area contributed by atoms with Gasteiger partial charge in [0, 0.05) is 26.2 Å². The number of aromatic nitrogens is 1. The molecule has 1 heterocycles. The summed E-state index contributed by atoms with van der Waals surface area (Å²) in [6, 6.07) is 9.90. The van der Waals surface area contributed by atoms with E-state index in [1.54, 1.807) is 11.1 Å². The first-order valence-electron chi connectivity index (χ1n) is 7.74. The fourth-order valence-electron chi connectivity index (χ4n) is 2.11. The molecule has 1 aromatic carbocycles. The number of carbonyl (C=O) groups is 1. The molecule has 0 aliphatic heterocycles. The third-order valence-corrected chi connectivity index (χ3v) is 4.66. The van der Waals surface area contributed by atoms with Crippen molar-refractivity contribution >= 4 is 35.0 Å². The van der Waals surface area contributed by atoms with Crippen molar-refractivity contribution in [3.63, 3.8) is 0 Å². The second-order valence-corrected chi connectivity index (χ2v) is 7.01. The largest absolute Gasteiger partial charge is 0.478 e. The van der Waals surface area contributed by atoms with Crippen molar-refractivity contribution in [1.82, 2.24) is 9.88 Å². The highest BCUT2D eigenvalue weighted by molar-refractivity contribution is 7.13. The molecule has 0 saturated carbocycles. The molecule has 0 unspecified atom stereocenters. The maximum atomic E-state index is 11.7. The first kappa shape index (κ1) is 17.9. The minimum absolute atomic E-state index is 0.252. The summed E-state index contributed by atoms with van der Waals surface area (Å²) in [7, 11) is 3.62. The summed E-state index contributed by atoms with van der Waals surface area (Å²) >= 11 is 1.44. The van der Waals surface area contributed by atoms with E-state index in [-0.39, 0.29) is 11.5 Å². The zero-order valence-corrected chi connectivity index (χ0v) is 15.2. The maximum Gasteiger partial charge on any atom is 0.338 e. The molecule has 126 valence electrons. The molecule has 24 heavy (non-hydrogen) atoms. The van der Waals surface area contributed by atoms with E-state index in [9.17, 15) is 9.90 Å². The standard InChI is InChI=1S/C19H22N2O2S/c1-13(2)18-20-16(11-10-14-8-6-5-7-9-14)17(24-18)15(19(22)23)12-21(3)4/h5-13H,1-4H3,(H,22,23)/b11-10+,15-12?. The highest BCUT2D eigenvalue weighted by atomic mass is 32.1. The monoisotopic (exact) mass is 342 g/mol. The zero-order valence-electron chi connectivity index (χ0n) is 14.4. The first-order chi connectivity index (χ1) is 11.4. The van der Waals surface area contributed by atoms with Gasteiger partial charge in [0.15, 0.2) is 0 Å². The van der Waals surface area contributed by atoms with Crippen molar-refractivity contribution in [3.05, 3.63) is 57.7 Å². The number of rotatable bonds is 6. The molecule has 5 heteroatoms. The van der Waals surface area contributed by atoms with Gasteiger partial charge >= 0.3 is 5.97 Å². The Balaban J connectivity index is 2.50. The van der Waals surface area contributed by atoms with Crippen LogP contribution < -0.4 is 0 Å². The van der Waals surface area contributed by atoms with Crippen LogP contribution in [0.2, 0.25) is 0 Å². The molecule has 0 spiro atoms. The van der Waals surface area contributed by atoms with Gasteiger partial charge in [-0.2, -0.15) is 0 Å². The minimum atomic E-state index is -0.947. The lowest BCUT2D eigenvalue weighted by molar-refractivity contribution is -0.130. The quantitative estimate of drug-likeness (QED) is 0.789. The lowest BCUT2D eigenvalue weighted by Crippen LogP contribution is -2.08. The predicted octanol–water partition coefficient (Wildman–Crippen LogP) is 4.42. The molecule has 0 saturated heterocycles. The van der Waals surface area contributed by atoms with Crippen LogP contribution in [0.3, 0.4) is 0 Å². The molecule has 4 nitrogen and oxygen atoms in total. The molecular formula is C19H22N2O2S. The van der Waals surface area contributed by atoms with Crippen molar-refractivity contribution < 1.29 is 9.90 Å². The highest BCUT2D eigenvalue weighted by Crippen LogP contribution is 2.32. The molecule has 0 atom stereocenters. The summed E-state index contributed by atoms with van der Waals surface area (Å²) in [4.78, 5) is 18.8. The molecule has 0 aliphatic rings. The number of hydrogen-bond donors (Lipinski definition) is 1. The van der Waals surface area contributed by atoms with Crippen LogP contribution in [0.1, 0.15) is 40.9 Å². The molecule has 0 aliphatic carbocycles. The molecule has 1 aromatic heterocycles. The molecule has 0 amide bonds. The van der Waals surface area contributed by atoms with Crippen molar-refractivity contribution in [3.8, 4) is 0 Å². The zero-order chi connectivity index (χ0) is 17.7. The summed E-state index contributed by atoms with van der Waals surface area (Å²) in [5.41, 5.74) is 2.01.